The van der Waals surface area contributed by atoms with Crippen molar-refractivity contribution in [3.63, 3.8) is 0 Å². The normalized spacial score (nSPS) is 23.7. The number of likely N-dealkylation sites (tertiary alicyclic amines) is 2. The molecule has 4 aliphatic rings. The van der Waals surface area contributed by atoms with Gasteiger partial charge in [0.05, 0.1) is 38.0 Å². The number of aryl methyl sites for hydroxylation is 1. The molecule has 5 aromatic rings. The smallest absolute Gasteiger partial charge is 0.407 e. The molecule has 0 spiro atoms. The molecule has 0 radical (unpaired) electrons. The van der Waals surface area contributed by atoms with Crippen LogP contribution in [0.15, 0.2) is 53.2 Å². The number of aromatic amines is 2. The number of carbonyl (C=O) groups is 4. The van der Waals surface area contributed by atoms with Crippen LogP contribution in [0.5, 0.6) is 0 Å². The van der Waals surface area contributed by atoms with Crippen molar-refractivity contribution in [2.75, 3.05) is 27.3 Å². The number of amides is 4. The van der Waals surface area contributed by atoms with E-state index in [1.54, 1.807) is 6.20 Å². The van der Waals surface area contributed by atoms with Gasteiger partial charge in [0.1, 0.15) is 40.3 Å². The third-order valence-corrected chi connectivity index (χ3v) is 13.9. The van der Waals surface area contributed by atoms with Gasteiger partial charge in [0.15, 0.2) is 11.5 Å². The van der Waals surface area contributed by atoms with Gasteiger partial charge >= 0.3 is 12.2 Å². The summed E-state index contributed by atoms with van der Waals surface area (Å²) in [6.07, 6.45) is 7.60. The van der Waals surface area contributed by atoms with Crippen molar-refractivity contribution >= 4 is 35.1 Å². The molecule has 2 aliphatic heterocycles. The van der Waals surface area contributed by atoms with E-state index in [0.29, 0.717) is 36.4 Å². The number of fused-ring (bicyclic) bond motifs is 5. The first-order valence-corrected chi connectivity index (χ1v) is 21.7. The summed E-state index contributed by atoms with van der Waals surface area (Å²) in [5, 5.41) is 5.51. The Morgan fingerprint density at radius 2 is 1.21 bits per heavy atom. The van der Waals surface area contributed by atoms with Gasteiger partial charge in [-0.2, -0.15) is 0 Å². The van der Waals surface area contributed by atoms with E-state index < -0.39 is 35.3 Å². The molecule has 4 bridgehead atoms. The number of nitrogens with zero attached hydrogens (tertiary/aromatic N) is 5. The first-order chi connectivity index (χ1) is 29.7. The number of benzene rings is 2. The van der Waals surface area contributed by atoms with Gasteiger partial charge in [-0.1, -0.05) is 58.0 Å². The van der Waals surface area contributed by atoms with Crippen molar-refractivity contribution < 1.29 is 33.1 Å². The molecule has 2 saturated carbocycles. The van der Waals surface area contributed by atoms with Crippen LogP contribution in [0.1, 0.15) is 83.8 Å². The Bertz CT molecular complexity index is 2540. The van der Waals surface area contributed by atoms with Gasteiger partial charge in [0.2, 0.25) is 11.8 Å². The predicted molar refractivity (Wildman–Crippen MR) is 229 cm³/mol. The second-order valence-corrected chi connectivity index (χ2v) is 18.3. The van der Waals surface area contributed by atoms with E-state index in [9.17, 15) is 19.2 Å². The summed E-state index contributed by atoms with van der Waals surface area (Å²) in [5.74, 6) is 2.25. The molecule has 4 N–H and O–H groups in total. The fraction of sp³-hybridized carbons (Fsp3) is 0.500. The van der Waals surface area contributed by atoms with Crippen molar-refractivity contribution in [1.29, 1.82) is 0 Å². The highest BCUT2D eigenvalue weighted by molar-refractivity contribution is 5.99. The van der Waals surface area contributed by atoms with Crippen LogP contribution in [0, 0.1) is 30.6 Å². The SMILES string of the molecule is COC(=O)N[C@H](C(=O)N1C[C@H]2CC[C@@]1(c1ncc(-c3ccc(-c4ccc(-c5cnc([C@@]67CC[C@H](CN6C(=O)[C@@H](NC(=O)OC)C(C)C)C7)[nH]5)c5oc(C)nc45)cc3)[nH]1)C2)C(C)C. The Morgan fingerprint density at radius 3 is 1.71 bits per heavy atom. The van der Waals surface area contributed by atoms with Gasteiger partial charge in [-0.15, -0.1) is 0 Å². The van der Waals surface area contributed by atoms with Crippen LogP contribution in [0.3, 0.4) is 0 Å². The van der Waals surface area contributed by atoms with Crippen molar-refractivity contribution in [2.45, 2.75) is 96.3 Å². The van der Waals surface area contributed by atoms with Crippen molar-refractivity contribution in [1.82, 2.24) is 45.4 Å². The Kier molecular flexibility index (Phi) is 10.4. The lowest BCUT2D eigenvalue weighted by Gasteiger charge is -2.40. The van der Waals surface area contributed by atoms with Crippen LogP contribution in [0.25, 0.3) is 44.7 Å². The number of methoxy groups -OCH3 is 2. The Morgan fingerprint density at radius 1 is 0.726 bits per heavy atom. The first kappa shape index (κ1) is 41.2. The summed E-state index contributed by atoms with van der Waals surface area (Å²) in [5.41, 5.74) is 5.43. The quantitative estimate of drug-likeness (QED) is 0.107. The van der Waals surface area contributed by atoms with Gasteiger partial charge < -0.3 is 44.3 Å². The molecule has 2 aromatic carbocycles. The largest absolute Gasteiger partial charge is 0.453 e. The van der Waals surface area contributed by atoms with E-state index in [1.807, 2.05) is 62.7 Å². The van der Waals surface area contributed by atoms with E-state index in [-0.39, 0.29) is 23.7 Å². The second kappa shape index (κ2) is 15.6. The minimum absolute atomic E-state index is 0.117. The third-order valence-electron chi connectivity index (χ3n) is 13.9. The minimum Gasteiger partial charge on any atom is -0.453 e. The highest BCUT2D eigenvalue weighted by atomic mass is 16.5. The Hall–Kier alpha value is -6.19. The number of alkyl carbamates (subject to hydrolysis) is 2. The number of hydrogen-bond acceptors (Lipinski definition) is 10. The fourth-order valence-electron chi connectivity index (χ4n) is 10.7. The molecule has 2 aliphatic carbocycles. The number of imidazole rings is 2. The molecule has 0 unspecified atom stereocenters. The number of ether oxygens (including phenoxy) is 2. The average molecular weight is 846 g/mol. The molecular weight excluding hydrogens is 791 g/mol. The van der Waals surface area contributed by atoms with Crippen molar-refractivity contribution in [2.24, 2.45) is 23.7 Å². The van der Waals surface area contributed by atoms with Crippen LogP contribution < -0.4 is 10.6 Å². The molecular formula is C46H55N9O7. The lowest BCUT2D eigenvalue weighted by atomic mass is 9.93. The van der Waals surface area contributed by atoms with Gasteiger partial charge in [0.25, 0.3) is 0 Å². The van der Waals surface area contributed by atoms with E-state index in [1.165, 1.54) is 14.2 Å². The molecule has 6 atom stereocenters. The molecule has 16 heteroatoms. The molecule has 4 fully saturated rings. The number of H-pyrrole nitrogens is 2. The number of carbonyl (C=O) groups excluding carboxylic acids is 4. The zero-order valence-corrected chi connectivity index (χ0v) is 36.3. The highest BCUT2D eigenvalue weighted by Gasteiger charge is 2.58. The first-order valence-electron chi connectivity index (χ1n) is 21.7. The van der Waals surface area contributed by atoms with Crippen LogP contribution in [-0.2, 0) is 30.1 Å². The lowest BCUT2D eigenvalue weighted by Crippen LogP contribution is -2.56. The van der Waals surface area contributed by atoms with Crippen LogP contribution >= 0.6 is 0 Å². The number of aromatic nitrogens is 5. The summed E-state index contributed by atoms with van der Waals surface area (Å²) in [4.78, 5) is 78.1. The number of rotatable bonds is 11. The minimum atomic E-state index is -0.722. The topological polar surface area (TPSA) is 201 Å². The van der Waals surface area contributed by atoms with Gasteiger partial charge in [0, 0.05) is 31.1 Å². The van der Waals surface area contributed by atoms with Gasteiger partial charge in [-0.3, -0.25) is 9.59 Å². The number of hydrogen-bond donors (Lipinski definition) is 4. The molecule has 9 rings (SSSR count). The van der Waals surface area contributed by atoms with Crippen LogP contribution in [0.4, 0.5) is 9.59 Å². The Balaban J connectivity index is 0.965. The number of piperidine rings is 2. The molecule has 5 heterocycles. The van der Waals surface area contributed by atoms with Crippen molar-refractivity contribution in [3.8, 4) is 33.6 Å². The monoisotopic (exact) mass is 845 g/mol. The molecule has 4 amide bonds. The van der Waals surface area contributed by atoms with Gasteiger partial charge in [-0.05, 0) is 79.4 Å². The zero-order chi connectivity index (χ0) is 43.7. The van der Waals surface area contributed by atoms with Crippen LogP contribution in [-0.4, -0.2) is 98.1 Å². The maximum absolute atomic E-state index is 14.1. The zero-order valence-electron chi connectivity index (χ0n) is 36.3. The molecule has 326 valence electrons. The standard InChI is InChI=1S/C46H55N9O7/c1-24(2)35(52-43(58)60-6)39(56)54-22-27-14-16-45(54,18-27)41-47-20-33(50-41)30-10-8-29(9-11-30)31-12-13-32(38-37(31)49-26(5)62-38)34-21-48-42(51-34)46-17-15-28(19-46)23-55(46)40(57)36(25(3)4)53-44(59)61-7/h8-13,20-21,24-25,27-28,35-36H,14-19,22-23H2,1-7H3,(H,47,50)(H,48,51)(H,52,58)(H,53,59)/t27-,28-,35-,36-,45-,46-/m0/s1. The lowest BCUT2D eigenvalue weighted by molar-refractivity contribution is -0.141. The summed E-state index contributed by atoms with van der Waals surface area (Å²) in [7, 11) is 2.60. The molecule has 3 aromatic heterocycles. The third kappa shape index (κ3) is 6.78. The average Bonchev–Trinajstić information content (AvgIpc) is 4.13. The Labute approximate surface area is 359 Å². The highest BCUT2D eigenvalue weighted by Crippen LogP contribution is 2.54. The summed E-state index contributed by atoms with van der Waals surface area (Å²) < 4.78 is 15.9. The maximum Gasteiger partial charge on any atom is 0.407 e. The van der Waals surface area contributed by atoms with E-state index in [4.69, 9.17) is 28.8 Å². The summed E-state index contributed by atoms with van der Waals surface area (Å²) in [6.45, 7) is 10.7. The van der Waals surface area contributed by atoms with E-state index >= 15 is 0 Å². The van der Waals surface area contributed by atoms with Gasteiger partial charge in [-0.25, -0.2) is 24.5 Å². The molecule has 16 nitrogen and oxygen atoms in total. The van der Waals surface area contributed by atoms with Crippen molar-refractivity contribution in [3.05, 3.63) is 66.3 Å². The second-order valence-electron chi connectivity index (χ2n) is 18.3. The number of oxazole rings is 1. The summed E-state index contributed by atoms with van der Waals surface area (Å²) >= 11 is 0. The molecule has 2 saturated heterocycles. The van der Waals surface area contributed by atoms with E-state index in [0.717, 1.165) is 89.3 Å². The molecule has 62 heavy (non-hydrogen) atoms. The predicted octanol–water partition coefficient (Wildman–Crippen LogP) is 7.02. The summed E-state index contributed by atoms with van der Waals surface area (Å²) in [6, 6.07) is 10.9. The number of nitrogens with one attached hydrogen (secondary N) is 4. The van der Waals surface area contributed by atoms with Crippen LogP contribution in [0.2, 0.25) is 0 Å². The fourth-order valence-corrected chi connectivity index (χ4v) is 10.7. The maximum atomic E-state index is 14.1. The van der Waals surface area contributed by atoms with E-state index in [2.05, 4.69) is 44.9 Å².